The normalized spacial score (nSPS) is 11.3. The third-order valence-electron chi connectivity index (χ3n) is 2.57. The summed E-state index contributed by atoms with van der Waals surface area (Å²) >= 11 is 3.99. The number of aromatic amines is 4. The zero-order chi connectivity index (χ0) is 25.5. The van der Waals surface area contributed by atoms with Crippen LogP contribution in [0, 0.1) is 32.5 Å². The molecule has 0 spiro atoms. The molecule has 0 amide bonds. The number of hydrogen-bond donors (Lipinski definition) is 5. The molecule has 1 unspecified atom stereocenters. The average Bonchev–Trinajstić information content (AvgIpc) is 3.59. The highest BCUT2D eigenvalue weighted by atomic mass is 32.2. The maximum absolute atomic E-state index is 10.2. The van der Waals surface area contributed by atoms with Crippen molar-refractivity contribution in [1.82, 2.24) is 55.7 Å². The first kappa shape index (κ1) is 49.3. The molecule has 1 aliphatic rings. The van der Waals surface area contributed by atoms with Gasteiger partial charge in [0.1, 0.15) is 23.3 Å². The number of nitrogens with one attached hydrogen (secondary N) is 5. The molecule has 5 N–H and O–H groups in total. The van der Waals surface area contributed by atoms with E-state index in [1.807, 2.05) is 0 Å². The molecule has 21 heteroatoms. The van der Waals surface area contributed by atoms with E-state index < -0.39 is 17.0 Å². The molecule has 234 valence electrons. The predicted octanol–water partition coefficient (Wildman–Crippen LogP) is 3.69. The molecule has 0 fully saturated rings. The Balaban J connectivity index is -0.0000000871. The number of tetrazole rings is 1. The molecule has 5 rings (SSSR count). The van der Waals surface area contributed by atoms with Crippen LogP contribution in [0.25, 0.3) is 0 Å². The lowest BCUT2D eigenvalue weighted by molar-refractivity contribution is 0.304. The van der Waals surface area contributed by atoms with Gasteiger partial charge in [-0.3, -0.25) is 19.3 Å². The van der Waals surface area contributed by atoms with Gasteiger partial charge in [-0.2, -0.15) is 18.9 Å². The summed E-state index contributed by atoms with van der Waals surface area (Å²) in [5.74, 6) is 2.64. The minimum Gasteiger partial charge on any atom is -0.348 e. The Kier molecular flexibility index (Phi) is 33.1. The van der Waals surface area contributed by atoms with Gasteiger partial charge in [0.15, 0.2) is 5.82 Å². The fraction of sp³-hybridized carbons (Fsp3) is 0.579. The summed E-state index contributed by atoms with van der Waals surface area (Å²) in [4.78, 5) is 28.9. The van der Waals surface area contributed by atoms with E-state index >= 15 is 0 Å². The van der Waals surface area contributed by atoms with E-state index in [9.17, 15) is 13.8 Å². The van der Waals surface area contributed by atoms with Crippen molar-refractivity contribution in [2.75, 3.05) is 0 Å². The highest BCUT2D eigenvalue weighted by molar-refractivity contribution is 7.79. The molecule has 0 aromatic carbocycles. The molecular weight excluding hydrogens is 588 g/mol. The zero-order valence-corrected chi connectivity index (χ0v) is 20.8. The van der Waals surface area contributed by atoms with E-state index in [0.717, 1.165) is 11.5 Å². The van der Waals surface area contributed by atoms with Gasteiger partial charge < -0.3 is 4.52 Å². The van der Waals surface area contributed by atoms with Crippen molar-refractivity contribution < 1.29 is 17.5 Å². The Bertz CT molecular complexity index is 1210. The number of nitrogens with zero attached hydrogens (tertiary/aromatic N) is 7. The summed E-state index contributed by atoms with van der Waals surface area (Å²) in [5.41, 5.74) is 2.32. The van der Waals surface area contributed by atoms with Gasteiger partial charge in [-0.1, -0.05) is 54.9 Å². The van der Waals surface area contributed by atoms with Crippen molar-refractivity contribution >= 4 is 40.9 Å². The van der Waals surface area contributed by atoms with Crippen LogP contribution in [0.5, 0.6) is 0 Å². The number of rotatable bonds is 0. The summed E-state index contributed by atoms with van der Waals surface area (Å²) < 4.78 is 30.2. The van der Waals surface area contributed by atoms with Crippen molar-refractivity contribution in [1.29, 1.82) is 0 Å². The van der Waals surface area contributed by atoms with Gasteiger partial charge in [0.2, 0.25) is 0 Å². The van der Waals surface area contributed by atoms with E-state index in [4.69, 9.17) is 0 Å². The minimum atomic E-state index is -1.48. The Morgan fingerprint density at radius 1 is 0.900 bits per heavy atom. The first-order valence-corrected chi connectivity index (χ1v) is 10.9. The second-order valence-corrected chi connectivity index (χ2v) is 7.43. The van der Waals surface area contributed by atoms with Gasteiger partial charge in [0.25, 0.3) is 0 Å². The molecular formula is C19H44N12O6S3. The van der Waals surface area contributed by atoms with E-state index in [2.05, 4.69) is 85.7 Å². The molecule has 4 aromatic heterocycles. The topological polar surface area (TPSA) is 252 Å². The first-order chi connectivity index (χ1) is 16.0. The number of amidine groups is 1. The van der Waals surface area contributed by atoms with Crippen molar-refractivity contribution in [3.05, 3.63) is 48.4 Å². The molecule has 18 nitrogen and oxygen atoms in total. The van der Waals surface area contributed by atoms with Crippen LogP contribution in [0.3, 0.4) is 0 Å². The predicted molar refractivity (Wildman–Crippen MR) is 161 cm³/mol. The van der Waals surface area contributed by atoms with E-state index in [0.29, 0.717) is 29.1 Å². The second kappa shape index (κ2) is 26.9. The number of hydroxylamine groups is 1. The number of hydrogen-bond acceptors (Lipinski definition) is 15. The summed E-state index contributed by atoms with van der Waals surface area (Å²) in [5, 5.41) is 18.5. The van der Waals surface area contributed by atoms with Crippen LogP contribution < -0.4 is 16.1 Å². The largest absolute Gasteiger partial charge is 0.438 e. The van der Waals surface area contributed by atoms with E-state index in [1.54, 1.807) is 34.6 Å². The van der Waals surface area contributed by atoms with Gasteiger partial charge >= 0.3 is 26.7 Å². The fourth-order valence-electron chi connectivity index (χ4n) is 1.36. The van der Waals surface area contributed by atoms with Crippen molar-refractivity contribution in [2.45, 2.75) is 79.2 Å². The Morgan fingerprint density at radius 2 is 1.52 bits per heavy atom. The second-order valence-electron chi connectivity index (χ2n) is 5.57. The van der Waals surface area contributed by atoms with Crippen LogP contribution in [0.1, 0.15) is 74.8 Å². The summed E-state index contributed by atoms with van der Waals surface area (Å²) in [7, 11) is 0. The third kappa shape index (κ3) is 24.6. The number of aryl methyl sites for hydroxylation is 4. The minimum absolute atomic E-state index is 0. The highest BCUT2D eigenvalue weighted by Gasteiger charge is 2.05. The molecule has 4 aromatic rings. The lowest BCUT2D eigenvalue weighted by Crippen LogP contribution is -2.11. The van der Waals surface area contributed by atoms with Crippen LogP contribution in [-0.4, -0.2) is 60.3 Å². The molecule has 1 atom stereocenters. The lowest BCUT2D eigenvalue weighted by atomic mass is 10.7. The molecule has 0 saturated heterocycles. The summed E-state index contributed by atoms with van der Waals surface area (Å²) in [6.07, 6.45) is 0. The van der Waals surface area contributed by atoms with Crippen LogP contribution in [0.2, 0.25) is 0 Å². The Morgan fingerprint density at radius 3 is 1.65 bits per heavy atom. The molecule has 0 bridgehead atoms. The first-order valence-electron chi connectivity index (χ1n) is 8.73. The summed E-state index contributed by atoms with van der Waals surface area (Å²) in [6.45, 7) is 8.61. The van der Waals surface area contributed by atoms with Gasteiger partial charge in [-0.05, 0) is 46.8 Å². The maximum atomic E-state index is 10.2. The SMILES string of the molecule is C.C.C.C.C.C.CC1=NS(=O)ON1.Cc1nc(=S)o[nH]1.Cc1nn[nH]n1.Cc1noc(=O)[nH]1.Cc1nsc(=O)[nH]1. The van der Waals surface area contributed by atoms with Crippen LogP contribution in [-0.2, 0) is 15.6 Å². The smallest absolute Gasteiger partial charge is 0.348 e. The standard InChI is InChI=1S/C3H4N2O2.2C3H4N2OS.C2H4N4.C2H4N2O2S.6CH4/c2*1-2-4-3(6)7-5-2;1-2-4-3(7)6-5-2;1-2-3-5-6-4-2;1-2-3-6-7(5)4-2;;;;;;/h2*1H3,(H,4,5,6);1H3,(H,4,5,7);1H3,(H,3,4,5,6);1H3,(H,3,4);6*1H4. The monoisotopic (exact) mass is 632 g/mol. The third-order valence-corrected chi connectivity index (χ3v) is 4.02. The van der Waals surface area contributed by atoms with Crippen LogP contribution in [0.4, 0.5) is 0 Å². The van der Waals surface area contributed by atoms with Gasteiger partial charge in [-0.25, -0.2) is 19.6 Å². The lowest BCUT2D eigenvalue weighted by Gasteiger charge is -1.83. The van der Waals surface area contributed by atoms with E-state index in [1.165, 1.54) is 0 Å². The molecule has 0 saturated carbocycles. The average molecular weight is 633 g/mol. The fourth-order valence-corrected chi connectivity index (χ4v) is 2.49. The molecule has 1 aliphatic heterocycles. The van der Waals surface area contributed by atoms with Crippen molar-refractivity contribution in [3.63, 3.8) is 0 Å². The molecule has 5 heterocycles. The Labute approximate surface area is 245 Å². The van der Waals surface area contributed by atoms with Crippen LogP contribution >= 0.6 is 23.8 Å². The molecule has 40 heavy (non-hydrogen) atoms. The summed E-state index contributed by atoms with van der Waals surface area (Å²) in [6, 6.07) is 0. The molecule has 0 aliphatic carbocycles. The van der Waals surface area contributed by atoms with E-state index in [-0.39, 0.29) is 54.3 Å². The zero-order valence-electron chi connectivity index (χ0n) is 18.3. The molecule has 0 radical (unpaired) electrons. The van der Waals surface area contributed by atoms with Crippen molar-refractivity contribution in [2.24, 2.45) is 4.40 Å². The van der Waals surface area contributed by atoms with Crippen LogP contribution in [0.15, 0.2) is 23.0 Å². The van der Waals surface area contributed by atoms with Crippen molar-refractivity contribution in [3.8, 4) is 0 Å². The number of H-pyrrole nitrogens is 4. The number of aromatic nitrogens is 10. The Hall–Kier alpha value is -3.69. The maximum Gasteiger partial charge on any atom is 0.438 e. The van der Waals surface area contributed by atoms with Gasteiger partial charge in [-0.15, -0.1) is 14.6 Å². The highest BCUT2D eigenvalue weighted by Crippen LogP contribution is 1.92. The quantitative estimate of drug-likeness (QED) is 0.173. The van der Waals surface area contributed by atoms with Gasteiger partial charge in [0.05, 0.1) is 0 Å². The van der Waals surface area contributed by atoms with Gasteiger partial charge in [0, 0.05) is 11.5 Å².